The van der Waals surface area contributed by atoms with Crippen LogP contribution in [0.4, 0.5) is 5.69 Å². The number of carboxylic acids is 1. The zero-order chi connectivity index (χ0) is 9.14. The highest BCUT2D eigenvalue weighted by Crippen LogP contribution is 2.16. The minimum absolute atomic E-state index is 0.289. The Bertz CT molecular complexity index is 301. The average Bonchev–Trinajstić information content (AvgIpc) is 2.04. The molecule has 0 aliphatic heterocycles. The van der Waals surface area contributed by atoms with Crippen LogP contribution in [0, 0.1) is 10.1 Å². The fourth-order valence-electron chi connectivity index (χ4n) is 0.814. The second-order valence-corrected chi connectivity index (χ2v) is 2.08. The monoisotopic (exact) mass is 169 g/mol. The fraction of sp³-hybridized carbons (Fsp3) is 0. The van der Waals surface area contributed by atoms with Crippen LogP contribution in [-0.2, 0) is 0 Å². The summed E-state index contributed by atoms with van der Waals surface area (Å²) < 4.78 is 0. The molecule has 1 N–H and O–H groups in total. The Morgan fingerprint density at radius 2 is 2.00 bits per heavy atom. The van der Waals surface area contributed by atoms with E-state index >= 15 is 0 Å². The number of carboxylic acid groups (broad SMARTS) is 1. The largest absolute Gasteiger partial charge is 0.477 e. The number of hydrogen-bond acceptors (Lipinski definition) is 3. The first-order valence-electron chi connectivity index (χ1n) is 3.09. The Labute approximate surface area is 67.4 Å². The fourth-order valence-corrected chi connectivity index (χ4v) is 0.814. The van der Waals surface area contributed by atoms with E-state index in [2.05, 4.69) is 0 Å². The standard InChI is InChI=1S/C7H5NO4/c9-7(10)5-3-1-2-4-6(5)8(11)12/h1-4H,(H,9,10)/i7+2. The zero-order valence-corrected chi connectivity index (χ0v) is 5.93. The molecule has 0 aliphatic rings. The SMILES string of the molecule is O=[14C](O)c1ccccc1[N+](=O)[O-]. The smallest absolute Gasteiger partial charge is 0.342 e. The van der Waals surface area contributed by atoms with Crippen molar-refractivity contribution < 1.29 is 14.8 Å². The van der Waals surface area contributed by atoms with Gasteiger partial charge in [0.25, 0.3) is 5.69 Å². The molecule has 12 heavy (non-hydrogen) atoms. The maximum absolute atomic E-state index is 10.4. The Hall–Kier alpha value is -1.91. The molecule has 0 saturated carbocycles. The first-order chi connectivity index (χ1) is 5.63. The van der Waals surface area contributed by atoms with Gasteiger partial charge < -0.3 is 5.11 Å². The molecule has 62 valence electrons. The summed E-state index contributed by atoms with van der Waals surface area (Å²) in [5.74, 6) is -1.29. The number of hydrogen-bond donors (Lipinski definition) is 1. The zero-order valence-electron chi connectivity index (χ0n) is 5.93. The predicted molar refractivity (Wildman–Crippen MR) is 40.1 cm³/mol. The summed E-state index contributed by atoms with van der Waals surface area (Å²) in [6.45, 7) is 0. The molecule has 0 bridgehead atoms. The third-order valence-electron chi connectivity index (χ3n) is 1.33. The summed E-state index contributed by atoms with van der Waals surface area (Å²) in [4.78, 5) is 20.0. The number of nitro benzene ring substituents is 1. The van der Waals surface area contributed by atoms with Crippen molar-refractivity contribution in [2.45, 2.75) is 0 Å². The molecular weight excluding hydrogens is 164 g/mol. The van der Waals surface area contributed by atoms with Crippen LogP contribution in [0.15, 0.2) is 24.3 Å². The van der Waals surface area contributed by atoms with Gasteiger partial charge in [0.05, 0.1) is 4.92 Å². The van der Waals surface area contributed by atoms with Crippen molar-refractivity contribution in [3.63, 3.8) is 0 Å². The van der Waals surface area contributed by atoms with Gasteiger partial charge in [-0.3, -0.25) is 10.1 Å². The molecule has 0 heterocycles. The summed E-state index contributed by atoms with van der Waals surface area (Å²) in [6, 6.07) is 5.21. The van der Waals surface area contributed by atoms with Crippen LogP contribution >= 0.6 is 0 Å². The Kier molecular flexibility index (Phi) is 2.05. The normalized spacial score (nSPS) is 9.33. The van der Waals surface area contributed by atoms with Crippen molar-refractivity contribution in [2.24, 2.45) is 0 Å². The van der Waals surface area contributed by atoms with E-state index in [9.17, 15) is 14.9 Å². The van der Waals surface area contributed by atoms with Crippen LogP contribution in [0.1, 0.15) is 10.4 Å². The predicted octanol–water partition coefficient (Wildman–Crippen LogP) is 1.29. The van der Waals surface area contributed by atoms with Crippen LogP contribution in [0.3, 0.4) is 0 Å². The topological polar surface area (TPSA) is 80.4 Å². The number of nitrogens with zero attached hydrogens (tertiary/aromatic N) is 1. The van der Waals surface area contributed by atoms with Gasteiger partial charge in [0, 0.05) is 6.07 Å². The summed E-state index contributed by atoms with van der Waals surface area (Å²) in [7, 11) is 0. The van der Waals surface area contributed by atoms with Crippen LogP contribution in [0.5, 0.6) is 0 Å². The van der Waals surface area contributed by atoms with E-state index in [0.717, 1.165) is 6.07 Å². The highest BCUT2D eigenvalue weighted by molar-refractivity contribution is 5.92. The first-order valence-corrected chi connectivity index (χ1v) is 3.09. The lowest BCUT2D eigenvalue weighted by Crippen LogP contribution is -2.01. The highest BCUT2D eigenvalue weighted by Gasteiger charge is 2.17. The maximum atomic E-state index is 10.4. The lowest BCUT2D eigenvalue weighted by atomic mass is 10.3. The number of para-hydroxylation sites is 1. The lowest BCUT2D eigenvalue weighted by molar-refractivity contribution is -0.385. The number of nitro groups is 1. The van der Waals surface area contributed by atoms with Crippen molar-refractivity contribution in [3.8, 4) is 0 Å². The summed E-state index contributed by atoms with van der Waals surface area (Å²) in [5, 5.41) is 18.8. The molecule has 5 nitrogen and oxygen atoms in total. The summed E-state index contributed by atoms with van der Waals surface area (Å²) in [5.41, 5.74) is -0.674. The second-order valence-electron chi connectivity index (χ2n) is 2.08. The Morgan fingerprint density at radius 1 is 1.42 bits per heavy atom. The lowest BCUT2D eigenvalue weighted by Gasteiger charge is -1.94. The molecule has 1 aromatic rings. The number of rotatable bonds is 2. The van der Waals surface area contributed by atoms with E-state index in [1.54, 1.807) is 0 Å². The van der Waals surface area contributed by atoms with E-state index < -0.39 is 10.9 Å². The minimum atomic E-state index is -1.29. The van der Waals surface area contributed by atoms with Gasteiger partial charge in [0.1, 0.15) is 5.56 Å². The van der Waals surface area contributed by atoms with Gasteiger partial charge in [-0.2, -0.15) is 0 Å². The molecule has 5 heteroatoms. The molecule has 0 spiro atoms. The first kappa shape index (κ1) is 8.19. The molecule has 0 saturated heterocycles. The van der Waals surface area contributed by atoms with Gasteiger partial charge in [0.2, 0.25) is 0 Å². The maximum Gasteiger partial charge on any atom is 0.342 e. The van der Waals surface area contributed by atoms with E-state index in [4.69, 9.17) is 5.11 Å². The van der Waals surface area contributed by atoms with Crippen molar-refractivity contribution in [3.05, 3.63) is 39.9 Å². The molecular formula is C7H5NO4. The molecule has 1 rings (SSSR count). The number of aromatic carboxylic acids is 1. The van der Waals surface area contributed by atoms with Crippen molar-refractivity contribution in [1.82, 2.24) is 0 Å². The molecule has 0 aromatic heterocycles. The third-order valence-corrected chi connectivity index (χ3v) is 1.33. The van der Waals surface area contributed by atoms with E-state index in [1.807, 2.05) is 0 Å². The van der Waals surface area contributed by atoms with Gasteiger partial charge in [-0.15, -0.1) is 0 Å². The Balaban J connectivity index is 3.27. The quantitative estimate of drug-likeness (QED) is 0.534. The van der Waals surface area contributed by atoms with Gasteiger partial charge in [-0.05, 0) is 6.07 Å². The number of carbonyl (C=O) groups is 1. The average molecular weight is 169 g/mol. The van der Waals surface area contributed by atoms with Crippen molar-refractivity contribution in [1.29, 1.82) is 0 Å². The van der Waals surface area contributed by atoms with Gasteiger partial charge in [0.15, 0.2) is 0 Å². The molecule has 0 atom stereocenters. The third kappa shape index (κ3) is 1.39. The van der Waals surface area contributed by atoms with Gasteiger partial charge >= 0.3 is 5.97 Å². The van der Waals surface area contributed by atoms with E-state index in [-0.39, 0.29) is 11.3 Å². The molecule has 0 fully saturated rings. The summed E-state index contributed by atoms with van der Waals surface area (Å²) in [6.07, 6.45) is 0. The van der Waals surface area contributed by atoms with Crippen molar-refractivity contribution in [2.75, 3.05) is 0 Å². The molecule has 0 aliphatic carbocycles. The Morgan fingerprint density at radius 3 is 2.42 bits per heavy atom. The van der Waals surface area contributed by atoms with E-state index in [0.29, 0.717) is 0 Å². The molecule has 0 unspecified atom stereocenters. The van der Waals surface area contributed by atoms with Crippen LogP contribution in [0.2, 0.25) is 0 Å². The van der Waals surface area contributed by atoms with Crippen LogP contribution < -0.4 is 0 Å². The van der Waals surface area contributed by atoms with Gasteiger partial charge in [-0.1, -0.05) is 12.1 Å². The molecule has 0 radical (unpaired) electrons. The summed E-state index contributed by atoms with van der Waals surface area (Å²) >= 11 is 0. The number of benzene rings is 1. The van der Waals surface area contributed by atoms with Crippen molar-refractivity contribution >= 4 is 11.7 Å². The van der Waals surface area contributed by atoms with Gasteiger partial charge in [-0.25, -0.2) is 4.79 Å². The minimum Gasteiger partial charge on any atom is -0.477 e. The van der Waals surface area contributed by atoms with Crippen LogP contribution in [-0.4, -0.2) is 16.0 Å². The highest BCUT2D eigenvalue weighted by atomic mass is 16.6. The second kappa shape index (κ2) is 3.00. The molecule has 1 aromatic carbocycles. The molecule has 0 amide bonds. The van der Waals surface area contributed by atoms with Crippen LogP contribution in [0.25, 0.3) is 0 Å². The van der Waals surface area contributed by atoms with E-state index in [1.165, 1.54) is 18.2 Å².